The third kappa shape index (κ3) is 3.93. The number of halogens is 1. The third-order valence-corrected chi connectivity index (χ3v) is 5.00. The molecule has 1 saturated heterocycles. The van der Waals surface area contributed by atoms with Gasteiger partial charge in [0.2, 0.25) is 5.91 Å². The van der Waals surface area contributed by atoms with Crippen molar-refractivity contribution in [3.63, 3.8) is 0 Å². The van der Waals surface area contributed by atoms with E-state index in [-0.39, 0.29) is 34.4 Å². The number of nitriles is 1. The average molecular weight is 411 g/mol. The van der Waals surface area contributed by atoms with Crippen molar-refractivity contribution in [3.8, 4) is 6.07 Å². The maximum atomic E-state index is 14.8. The number of aromatic nitrogens is 1. The number of amides is 2. The van der Waals surface area contributed by atoms with Crippen molar-refractivity contribution < 1.29 is 14.0 Å². The quantitative estimate of drug-likeness (QED) is 0.781. The molecule has 1 aromatic carbocycles. The molecule has 0 spiro atoms. The molecule has 0 saturated carbocycles. The lowest BCUT2D eigenvalue weighted by Crippen LogP contribution is -2.44. The molecule has 1 aliphatic rings. The van der Waals surface area contributed by atoms with Crippen LogP contribution < -0.4 is 15.1 Å². The van der Waals surface area contributed by atoms with Crippen molar-refractivity contribution in [2.45, 2.75) is 19.8 Å². The van der Waals surface area contributed by atoms with E-state index in [0.717, 1.165) is 6.07 Å². The van der Waals surface area contributed by atoms with Crippen molar-refractivity contribution in [2.24, 2.45) is 0 Å². The first-order valence-electron chi connectivity index (χ1n) is 8.90. The summed E-state index contributed by atoms with van der Waals surface area (Å²) in [5.41, 5.74) is 1.66. The van der Waals surface area contributed by atoms with Crippen molar-refractivity contribution in [1.29, 1.82) is 5.26 Å². The van der Waals surface area contributed by atoms with Crippen LogP contribution in [0.2, 0.25) is 0 Å². The van der Waals surface area contributed by atoms with Gasteiger partial charge >= 0.3 is 0 Å². The second-order valence-corrected chi connectivity index (χ2v) is 6.85. The molecule has 1 aliphatic heterocycles. The fourth-order valence-electron chi connectivity index (χ4n) is 3.11. The Morgan fingerprint density at radius 1 is 1.38 bits per heavy atom. The van der Waals surface area contributed by atoms with Gasteiger partial charge in [-0.15, -0.1) is 0 Å². The first kappa shape index (κ1) is 20.4. The third-order valence-electron chi connectivity index (χ3n) is 4.60. The van der Waals surface area contributed by atoms with Gasteiger partial charge in [0.15, 0.2) is 5.11 Å². The molecule has 1 aromatic heterocycles. The van der Waals surface area contributed by atoms with Crippen LogP contribution in [-0.4, -0.2) is 35.5 Å². The van der Waals surface area contributed by atoms with E-state index in [1.165, 1.54) is 35.2 Å². The Morgan fingerprint density at radius 2 is 2.14 bits per heavy atom. The molecular formula is C20H18FN5O2S. The van der Waals surface area contributed by atoms with E-state index in [4.69, 9.17) is 17.5 Å². The van der Waals surface area contributed by atoms with E-state index in [1.807, 2.05) is 6.07 Å². The number of hydrogen-bond acceptors (Lipinski definition) is 5. The van der Waals surface area contributed by atoms with E-state index in [9.17, 15) is 14.0 Å². The molecule has 2 aromatic rings. The van der Waals surface area contributed by atoms with Gasteiger partial charge in [0.05, 0.1) is 17.6 Å². The van der Waals surface area contributed by atoms with Crippen LogP contribution in [-0.2, 0) is 4.79 Å². The number of pyridine rings is 1. The zero-order valence-electron chi connectivity index (χ0n) is 15.9. The molecule has 29 heavy (non-hydrogen) atoms. The predicted molar refractivity (Wildman–Crippen MR) is 110 cm³/mol. The van der Waals surface area contributed by atoms with Crippen LogP contribution in [0.1, 0.15) is 34.5 Å². The zero-order chi connectivity index (χ0) is 21.1. The average Bonchev–Trinajstić information content (AvgIpc) is 2.85. The van der Waals surface area contributed by atoms with Gasteiger partial charge in [0.1, 0.15) is 17.6 Å². The number of rotatable bonds is 3. The molecule has 0 aliphatic carbocycles. The van der Waals surface area contributed by atoms with Gasteiger partial charge in [-0.2, -0.15) is 5.26 Å². The highest BCUT2D eigenvalue weighted by Crippen LogP contribution is 2.28. The summed E-state index contributed by atoms with van der Waals surface area (Å²) < 4.78 is 14.8. The Labute approximate surface area is 172 Å². The normalized spacial score (nSPS) is 14.4. The Bertz CT molecular complexity index is 1050. The van der Waals surface area contributed by atoms with Gasteiger partial charge in [0, 0.05) is 25.6 Å². The highest BCUT2D eigenvalue weighted by Gasteiger charge is 2.30. The summed E-state index contributed by atoms with van der Waals surface area (Å²) >= 11 is 5.54. The lowest BCUT2D eigenvalue weighted by atomic mass is 10.1. The number of aryl methyl sites for hydroxylation is 1. The maximum Gasteiger partial charge on any atom is 0.251 e. The van der Waals surface area contributed by atoms with E-state index in [2.05, 4.69) is 10.3 Å². The van der Waals surface area contributed by atoms with E-state index >= 15 is 0 Å². The Kier molecular flexibility index (Phi) is 5.84. The van der Waals surface area contributed by atoms with Crippen molar-refractivity contribution >= 4 is 40.5 Å². The largest absolute Gasteiger partial charge is 0.355 e. The van der Waals surface area contributed by atoms with Crippen LogP contribution in [0.4, 0.5) is 15.8 Å². The number of benzene rings is 1. The molecule has 0 unspecified atom stereocenters. The molecule has 148 valence electrons. The number of hydrogen-bond donors (Lipinski definition) is 1. The second-order valence-electron chi connectivity index (χ2n) is 6.48. The smallest absolute Gasteiger partial charge is 0.251 e. The second kappa shape index (κ2) is 8.32. The van der Waals surface area contributed by atoms with E-state index in [1.54, 1.807) is 13.0 Å². The summed E-state index contributed by atoms with van der Waals surface area (Å²) in [6.45, 7) is 2.06. The number of anilines is 2. The number of thiocarbonyl (C=S) groups is 1. The van der Waals surface area contributed by atoms with Gasteiger partial charge in [-0.1, -0.05) is 0 Å². The van der Waals surface area contributed by atoms with Crippen LogP contribution in [0.5, 0.6) is 0 Å². The minimum absolute atomic E-state index is 0.116. The number of carbonyl (C=O) groups is 2. The minimum atomic E-state index is -0.614. The zero-order valence-corrected chi connectivity index (χ0v) is 16.7. The predicted octanol–water partition coefficient (Wildman–Crippen LogP) is 2.68. The molecule has 1 fully saturated rings. The Hall–Kier alpha value is -3.38. The first-order valence-corrected chi connectivity index (χ1v) is 9.31. The van der Waals surface area contributed by atoms with Gasteiger partial charge in [-0.3, -0.25) is 14.5 Å². The van der Waals surface area contributed by atoms with Crippen LogP contribution in [0.15, 0.2) is 30.5 Å². The molecule has 9 heteroatoms. The molecular weight excluding hydrogens is 393 g/mol. The molecule has 0 radical (unpaired) electrons. The molecule has 1 N–H and O–H groups in total. The lowest BCUT2D eigenvalue weighted by molar-refractivity contribution is -0.117. The van der Waals surface area contributed by atoms with Crippen LogP contribution in [0.3, 0.4) is 0 Å². The van der Waals surface area contributed by atoms with Crippen molar-refractivity contribution in [2.75, 3.05) is 23.4 Å². The molecule has 0 atom stereocenters. The Morgan fingerprint density at radius 3 is 2.76 bits per heavy atom. The topological polar surface area (TPSA) is 89.3 Å². The number of carbonyl (C=O) groups excluding carboxylic acids is 2. The summed E-state index contributed by atoms with van der Waals surface area (Å²) in [7, 11) is 1.47. The van der Waals surface area contributed by atoms with Crippen LogP contribution in [0.25, 0.3) is 0 Å². The standard InChI is InChI=1S/C20H18FN5O2S/c1-12-8-14(11-24-16(12)10-22)26-18(27)4-3-7-25(20(26)29)17-6-5-13(9-15(17)21)19(28)23-2/h5-6,8-9,11H,3-4,7H2,1-2H3,(H,23,28). The maximum absolute atomic E-state index is 14.8. The summed E-state index contributed by atoms with van der Waals surface area (Å²) in [5, 5.41) is 11.6. The highest BCUT2D eigenvalue weighted by atomic mass is 32.1. The summed E-state index contributed by atoms with van der Waals surface area (Å²) in [4.78, 5) is 31.4. The molecule has 2 amide bonds. The molecule has 3 rings (SSSR count). The first-order chi connectivity index (χ1) is 13.9. The number of nitrogens with zero attached hydrogens (tertiary/aromatic N) is 4. The van der Waals surface area contributed by atoms with Gasteiger partial charge in [0.25, 0.3) is 5.91 Å². The van der Waals surface area contributed by atoms with Crippen LogP contribution in [0, 0.1) is 24.1 Å². The van der Waals surface area contributed by atoms with E-state index in [0.29, 0.717) is 24.2 Å². The fourth-order valence-corrected chi connectivity index (χ4v) is 3.51. The summed E-state index contributed by atoms with van der Waals surface area (Å²) in [6, 6.07) is 7.76. The Balaban J connectivity index is 2.01. The SMILES string of the molecule is CNC(=O)c1ccc(N2CCCC(=O)N(c3cnc(C#N)c(C)c3)C2=S)c(F)c1. The minimum Gasteiger partial charge on any atom is -0.355 e. The van der Waals surface area contributed by atoms with Crippen molar-refractivity contribution in [3.05, 3.63) is 53.1 Å². The van der Waals surface area contributed by atoms with E-state index < -0.39 is 11.7 Å². The monoisotopic (exact) mass is 411 g/mol. The number of nitrogens with one attached hydrogen (secondary N) is 1. The summed E-state index contributed by atoms with van der Waals surface area (Å²) in [6.07, 6.45) is 2.12. The molecule has 7 nitrogen and oxygen atoms in total. The molecule has 0 bridgehead atoms. The van der Waals surface area contributed by atoms with Gasteiger partial charge in [-0.25, -0.2) is 9.37 Å². The summed E-state index contributed by atoms with van der Waals surface area (Å²) in [5.74, 6) is -1.24. The van der Waals surface area contributed by atoms with Crippen LogP contribution >= 0.6 is 12.2 Å². The fraction of sp³-hybridized carbons (Fsp3) is 0.250. The lowest BCUT2D eigenvalue weighted by Gasteiger charge is -2.30. The highest BCUT2D eigenvalue weighted by molar-refractivity contribution is 7.81. The van der Waals surface area contributed by atoms with Gasteiger partial charge < -0.3 is 10.2 Å². The molecule has 2 heterocycles. The van der Waals surface area contributed by atoms with Gasteiger partial charge in [-0.05, 0) is 55.4 Å². The van der Waals surface area contributed by atoms with Crippen molar-refractivity contribution in [1.82, 2.24) is 10.3 Å².